The van der Waals surface area contributed by atoms with Gasteiger partial charge >= 0.3 is 0 Å². The van der Waals surface area contributed by atoms with E-state index in [1.807, 2.05) is 0 Å². The van der Waals surface area contributed by atoms with E-state index in [0.29, 0.717) is 30.1 Å². The first-order chi connectivity index (χ1) is 14.9. The fourth-order valence-electron chi connectivity index (χ4n) is 4.14. The van der Waals surface area contributed by atoms with Crippen LogP contribution in [0.15, 0.2) is 46.0 Å². The van der Waals surface area contributed by atoms with Gasteiger partial charge in [-0.3, -0.25) is 4.79 Å². The van der Waals surface area contributed by atoms with Crippen LogP contribution >= 0.6 is 11.3 Å². The summed E-state index contributed by atoms with van der Waals surface area (Å²) < 4.78 is 27.3. The number of benzene rings is 1. The second-order valence-electron chi connectivity index (χ2n) is 8.31. The van der Waals surface area contributed by atoms with Crippen molar-refractivity contribution in [3.8, 4) is 0 Å². The molecule has 1 aromatic carbocycles. The fourth-order valence-corrected chi connectivity index (χ4v) is 6.80. The van der Waals surface area contributed by atoms with Gasteiger partial charge in [0.2, 0.25) is 5.91 Å². The smallest absolute Gasteiger partial charge is 0.252 e. The molecule has 1 atom stereocenters. The number of thiophene rings is 1. The van der Waals surface area contributed by atoms with Crippen LogP contribution in [0.1, 0.15) is 18.4 Å². The van der Waals surface area contributed by atoms with Crippen LogP contribution in [0.25, 0.3) is 0 Å². The lowest BCUT2D eigenvalue weighted by molar-refractivity contribution is -0.126. The maximum absolute atomic E-state index is 12.8. The number of nitrogens with one attached hydrogen (secondary N) is 1. The van der Waals surface area contributed by atoms with Crippen LogP contribution in [0.3, 0.4) is 0 Å². The highest BCUT2D eigenvalue weighted by Crippen LogP contribution is 2.26. The molecular weight excluding hydrogens is 432 g/mol. The van der Waals surface area contributed by atoms with Crippen molar-refractivity contribution in [3.63, 3.8) is 0 Å². The van der Waals surface area contributed by atoms with E-state index >= 15 is 0 Å². The normalized spacial score (nSPS) is 21.2. The van der Waals surface area contributed by atoms with E-state index in [0.717, 1.165) is 31.7 Å². The molecule has 4 rings (SSSR count). The quantitative estimate of drug-likeness (QED) is 0.713. The van der Waals surface area contributed by atoms with Crippen LogP contribution < -0.4 is 10.2 Å². The van der Waals surface area contributed by atoms with Crippen LogP contribution in [-0.2, 0) is 21.4 Å². The average molecular weight is 463 g/mol. The van der Waals surface area contributed by atoms with Crippen LogP contribution in [0.4, 0.5) is 5.69 Å². The van der Waals surface area contributed by atoms with E-state index in [1.54, 1.807) is 17.5 Å². The lowest BCUT2D eigenvalue weighted by Crippen LogP contribution is -2.45. The van der Waals surface area contributed by atoms with Gasteiger partial charge in [0.05, 0.1) is 5.92 Å². The molecule has 1 unspecified atom stereocenters. The minimum Gasteiger partial charge on any atom is -0.369 e. The van der Waals surface area contributed by atoms with Crippen LogP contribution in [-0.4, -0.2) is 69.8 Å². The van der Waals surface area contributed by atoms with Crippen molar-refractivity contribution in [2.75, 3.05) is 51.2 Å². The van der Waals surface area contributed by atoms with Gasteiger partial charge in [0, 0.05) is 51.5 Å². The van der Waals surface area contributed by atoms with Crippen molar-refractivity contribution in [2.45, 2.75) is 23.6 Å². The van der Waals surface area contributed by atoms with Crippen molar-refractivity contribution in [1.29, 1.82) is 0 Å². The Morgan fingerprint density at radius 3 is 2.52 bits per heavy atom. The van der Waals surface area contributed by atoms with Crippen LogP contribution in [0, 0.1) is 5.92 Å². The Labute approximate surface area is 188 Å². The summed E-state index contributed by atoms with van der Waals surface area (Å²) in [6.45, 7) is 5.36. The highest BCUT2D eigenvalue weighted by Gasteiger charge is 2.33. The lowest BCUT2D eigenvalue weighted by atomic mass is 9.98. The Kier molecular flexibility index (Phi) is 6.95. The molecule has 2 aliphatic rings. The molecule has 1 aromatic heterocycles. The first-order valence-electron chi connectivity index (χ1n) is 10.8. The van der Waals surface area contributed by atoms with Crippen LogP contribution in [0.2, 0.25) is 0 Å². The Balaban J connectivity index is 1.30. The third-order valence-electron chi connectivity index (χ3n) is 6.12. The molecular formula is C22H30N4O3S2. The van der Waals surface area contributed by atoms with Crippen molar-refractivity contribution in [3.05, 3.63) is 47.3 Å². The zero-order chi connectivity index (χ0) is 21.8. The van der Waals surface area contributed by atoms with Gasteiger partial charge in [0.1, 0.15) is 4.21 Å². The molecule has 0 radical (unpaired) electrons. The Morgan fingerprint density at radius 1 is 1.10 bits per heavy atom. The SMILES string of the molecule is CN1CCN(c2ccc(CNC(=O)C3CCCN(S(=O)(=O)c4cccs4)C3)cc2)CC1. The number of carbonyl (C=O) groups is 1. The third-order valence-corrected chi connectivity index (χ3v) is 9.35. The van der Waals surface area contributed by atoms with Gasteiger partial charge in [-0.05, 0) is 49.0 Å². The molecule has 31 heavy (non-hydrogen) atoms. The van der Waals surface area contributed by atoms with E-state index in [-0.39, 0.29) is 18.4 Å². The molecule has 2 aromatic rings. The van der Waals surface area contributed by atoms with Crippen LogP contribution in [0.5, 0.6) is 0 Å². The van der Waals surface area contributed by atoms with Gasteiger partial charge in [-0.15, -0.1) is 11.3 Å². The molecule has 168 valence electrons. The molecule has 2 fully saturated rings. The predicted molar refractivity (Wildman–Crippen MR) is 124 cm³/mol. The highest BCUT2D eigenvalue weighted by molar-refractivity contribution is 7.91. The second-order valence-corrected chi connectivity index (χ2v) is 11.4. The number of carbonyl (C=O) groups excluding carboxylic acids is 1. The lowest BCUT2D eigenvalue weighted by Gasteiger charge is -2.34. The van der Waals surface area contributed by atoms with Crippen molar-refractivity contribution < 1.29 is 13.2 Å². The number of piperidine rings is 1. The third kappa shape index (κ3) is 5.28. The van der Waals surface area contributed by atoms with E-state index < -0.39 is 10.0 Å². The van der Waals surface area contributed by atoms with Gasteiger partial charge in [-0.25, -0.2) is 8.42 Å². The molecule has 9 heteroatoms. The summed E-state index contributed by atoms with van der Waals surface area (Å²) in [6.07, 6.45) is 1.41. The zero-order valence-corrected chi connectivity index (χ0v) is 19.5. The van der Waals surface area contributed by atoms with Gasteiger partial charge in [-0.1, -0.05) is 18.2 Å². The van der Waals surface area contributed by atoms with Gasteiger partial charge in [0.25, 0.3) is 10.0 Å². The Bertz CT molecular complexity index is 969. The number of anilines is 1. The molecule has 3 heterocycles. The summed E-state index contributed by atoms with van der Waals surface area (Å²) in [7, 11) is -1.36. The van der Waals surface area contributed by atoms with E-state index in [2.05, 4.69) is 46.4 Å². The Morgan fingerprint density at radius 2 is 1.84 bits per heavy atom. The maximum atomic E-state index is 12.8. The monoisotopic (exact) mass is 462 g/mol. The van der Waals surface area contributed by atoms with E-state index in [1.165, 1.54) is 21.3 Å². The summed E-state index contributed by atoms with van der Waals surface area (Å²) >= 11 is 1.22. The number of hydrogen-bond acceptors (Lipinski definition) is 6. The molecule has 0 bridgehead atoms. The Hall–Kier alpha value is -1.94. The molecule has 0 saturated carbocycles. The molecule has 0 spiro atoms. The minimum absolute atomic E-state index is 0.0748. The first kappa shape index (κ1) is 22.3. The molecule has 7 nitrogen and oxygen atoms in total. The summed E-state index contributed by atoms with van der Waals surface area (Å²) in [5.41, 5.74) is 2.26. The summed E-state index contributed by atoms with van der Waals surface area (Å²) in [6, 6.07) is 11.7. The molecule has 2 saturated heterocycles. The fraction of sp³-hybridized carbons (Fsp3) is 0.500. The van der Waals surface area contributed by atoms with Gasteiger partial charge in [-0.2, -0.15) is 4.31 Å². The number of hydrogen-bond donors (Lipinski definition) is 1. The standard InChI is InChI=1S/C22H30N4O3S2/c1-24-11-13-25(14-12-24)20-8-6-18(7-9-20)16-23-22(27)19-4-2-10-26(17-19)31(28,29)21-5-3-15-30-21/h3,5-9,15,19H,2,4,10-14,16-17H2,1H3,(H,23,27). The number of likely N-dealkylation sites (N-methyl/N-ethyl adjacent to an activating group) is 1. The minimum atomic E-state index is -3.51. The highest BCUT2D eigenvalue weighted by atomic mass is 32.2. The van der Waals surface area contributed by atoms with Gasteiger partial charge < -0.3 is 15.1 Å². The zero-order valence-electron chi connectivity index (χ0n) is 17.9. The van der Waals surface area contributed by atoms with Gasteiger partial charge in [0.15, 0.2) is 0 Å². The number of rotatable bonds is 6. The van der Waals surface area contributed by atoms with Crippen molar-refractivity contribution in [1.82, 2.24) is 14.5 Å². The first-order valence-corrected chi connectivity index (χ1v) is 13.1. The molecule has 1 N–H and O–H groups in total. The molecule has 0 aliphatic carbocycles. The second kappa shape index (κ2) is 9.68. The van der Waals surface area contributed by atoms with E-state index in [9.17, 15) is 13.2 Å². The number of amides is 1. The summed E-state index contributed by atoms with van der Waals surface area (Å²) in [4.78, 5) is 17.4. The topological polar surface area (TPSA) is 73.0 Å². The number of piperazine rings is 1. The summed E-state index contributed by atoms with van der Waals surface area (Å²) in [5, 5.41) is 4.76. The van der Waals surface area contributed by atoms with Crippen molar-refractivity contribution in [2.24, 2.45) is 5.92 Å². The summed E-state index contributed by atoms with van der Waals surface area (Å²) in [5.74, 6) is -0.387. The average Bonchev–Trinajstić information content (AvgIpc) is 3.34. The predicted octanol–water partition coefficient (Wildman–Crippen LogP) is 2.22. The molecule has 1 amide bonds. The number of sulfonamides is 1. The van der Waals surface area contributed by atoms with E-state index in [4.69, 9.17) is 0 Å². The largest absolute Gasteiger partial charge is 0.369 e. The number of nitrogens with zero attached hydrogens (tertiary/aromatic N) is 3. The molecule has 2 aliphatic heterocycles. The maximum Gasteiger partial charge on any atom is 0.252 e. The van der Waals surface area contributed by atoms with Crippen molar-refractivity contribution >= 4 is 33.0 Å².